The molecule has 0 bridgehead atoms. The van der Waals surface area contributed by atoms with Crippen LogP contribution in [0.5, 0.6) is 0 Å². The molecule has 2 aliphatic carbocycles. The Balaban J connectivity index is 2.40. The van der Waals surface area contributed by atoms with Crippen LogP contribution in [0.15, 0.2) is 151 Å². The van der Waals surface area contributed by atoms with Gasteiger partial charge in [0.25, 0.3) is 0 Å². The van der Waals surface area contributed by atoms with E-state index in [0.29, 0.717) is 5.92 Å². The Bertz CT molecular complexity index is 1540. The van der Waals surface area contributed by atoms with Gasteiger partial charge < -0.3 is 0 Å². The molecule has 2 atom stereocenters. The maximum atomic E-state index is 4.54. The van der Waals surface area contributed by atoms with Gasteiger partial charge in [-0.1, -0.05) is 183 Å². The van der Waals surface area contributed by atoms with Gasteiger partial charge in [-0.3, -0.25) is 0 Å². The van der Waals surface area contributed by atoms with E-state index in [2.05, 4.69) is 155 Å². The SMILES string of the molecule is C=C/C=C\C(=C/C)CC1(C/C(C=C)=C/C=C)C2=CC(C(C)(C)C)=CCC2c2ccc(C(C)(C)C(C)(C)C(=C)/C=C\C(=C)C)cc21. The molecular formula is C45H58. The smallest absolute Gasteiger partial charge is 0.0254 e. The van der Waals surface area contributed by atoms with E-state index in [1.807, 2.05) is 25.2 Å². The highest BCUT2D eigenvalue weighted by atomic mass is 14.5. The van der Waals surface area contributed by atoms with Gasteiger partial charge in [-0.15, -0.1) is 0 Å². The molecule has 0 saturated heterocycles. The van der Waals surface area contributed by atoms with Gasteiger partial charge in [0, 0.05) is 11.3 Å². The van der Waals surface area contributed by atoms with Crippen molar-refractivity contribution in [2.45, 2.75) is 98.3 Å². The summed E-state index contributed by atoms with van der Waals surface area (Å²) < 4.78 is 0. The third-order valence-corrected chi connectivity index (χ3v) is 10.7. The van der Waals surface area contributed by atoms with Gasteiger partial charge in [0.2, 0.25) is 0 Å². The van der Waals surface area contributed by atoms with E-state index in [1.54, 1.807) is 0 Å². The Morgan fingerprint density at radius 3 is 2.13 bits per heavy atom. The quantitative estimate of drug-likeness (QED) is 0.198. The Morgan fingerprint density at radius 1 is 0.911 bits per heavy atom. The summed E-state index contributed by atoms with van der Waals surface area (Å²) in [6, 6.07) is 7.36. The fourth-order valence-electron chi connectivity index (χ4n) is 6.97. The molecule has 0 radical (unpaired) electrons. The van der Waals surface area contributed by atoms with Gasteiger partial charge in [-0.2, -0.15) is 0 Å². The van der Waals surface area contributed by atoms with Crippen LogP contribution in [-0.2, 0) is 10.8 Å². The van der Waals surface area contributed by atoms with Crippen LogP contribution in [0.3, 0.4) is 0 Å². The molecule has 45 heavy (non-hydrogen) atoms. The fourth-order valence-corrected chi connectivity index (χ4v) is 6.97. The summed E-state index contributed by atoms with van der Waals surface area (Å²) in [6.45, 7) is 41.4. The van der Waals surface area contributed by atoms with Crippen molar-refractivity contribution in [2.24, 2.45) is 10.8 Å². The molecule has 1 aromatic carbocycles. The zero-order valence-corrected chi connectivity index (χ0v) is 29.8. The second-order valence-electron chi connectivity index (χ2n) is 15.1. The van der Waals surface area contributed by atoms with Gasteiger partial charge in [0.05, 0.1) is 0 Å². The van der Waals surface area contributed by atoms with Crippen molar-refractivity contribution >= 4 is 0 Å². The minimum atomic E-state index is -0.242. The van der Waals surface area contributed by atoms with Crippen LogP contribution in [-0.4, -0.2) is 0 Å². The summed E-state index contributed by atoms with van der Waals surface area (Å²) in [4.78, 5) is 0. The third-order valence-electron chi connectivity index (χ3n) is 10.7. The summed E-state index contributed by atoms with van der Waals surface area (Å²) in [5.74, 6) is 0.348. The minimum Gasteiger partial charge on any atom is -0.0991 e. The summed E-state index contributed by atoms with van der Waals surface area (Å²) in [5.41, 5.74) is 11.3. The molecule has 0 saturated carbocycles. The van der Waals surface area contributed by atoms with Crippen molar-refractivity contribution in [3.63, 3.8) is 0 Å². The van der Waals surface area contributed by atoms with Crippen molar-refractivity contribution in [1.29, 1.82) is 0 Å². The summed E-state index contributed by atoms with van der Waals surface area (Å²) in [6.07, 6.45) is 26.5. The highest BCUT2D eigenvalue weighted by Crippen LogP contribution is 2.61. The lowest BCUT2D eigenvalue weighted by Crippen LogP contribution is -2.38. The van der Waals surface area contributed by atoms with Crippen LogP contribution in [0.1, 0.15) is 104 Å². The molecule has 3 rings (SSSR count). The fraction of sp³-hybridized carbons (Fsp3) is 0.378. The van der Waals surface area contributed by atoms with E-state index in [0.717, 1.165) is 30.4 Å². The van der Waals surface area contributed by atoms with Crippen LogP contribution >= 0.6 is 0 Å². The summed E-state index contributed by atoms with van der Waals surface area (Å²) in [7, 11) is 0. The lowest BCUT2D eigenvalue weighted by molar-refractivity contribution is 0.255. The average Bonchev–Trinajstić information content (AvgIpc) is 3.25. The summed E-state index contributed by atoms with van der Waals surface area (Å²) in [5, 5.41) is 0. The molecule has 238 valence electrons. The zero-order valence-electron chi connectivity index (χ0n) is 29.8. The number of hydrogen-bond acceptors (Lipinski definition) is 0. The maximum absolute atomic E-state index is 4.54. The highest BCUT2D eigenvalue weighted by Gasteiger charge is 2.50. The molecule has 0 amide bonds. The van der Waals surface area contributed by atoms with Crippen molar-refractivity contribution in [3.8, 4) is 0 Å². The molecule has 0 N–H and O–H groups in total. The number of benzene rings is 1. The van der Waals surface area contributed by atoms with E-state index in [4.69, 9.17) is 0 Å². The molecule has 0 spiro atoms. The van der Waals surface area contributed by atoms with E-state index >= 15 is 0 Å². The zero-order chi connectivity index (χ0) is 33.8. The molecule has 0 heteroatoms. The highest BCUT2D eigenvalue weighted by molar-refractivity contribution is 5.63. The Hall–Kier alpha value is -3.64. The Morgan fingerprint density at radius 2 is 1.58 bits per heavy atom. The van der Waals surface area contributed by atoms with Gasteiger partial charge >= 0.3 is 0 Å². The predicted molar refractivity (Wildman–Crippen MR) is 202 cm³/mol. The van der Waals surface area contributed by atoms with Crippen molar-refractivity contribution in [1.82, 2.24) is 0 Å². The average molecular weight is 599 g/mol. The van der Waals surface area contributed by atoms with Crippen molar-refractivity contribution in [3.05, 3.63) is 168 Å². The first-order chi connectivity index (χ1) is 21.0. The van der Waals surface area contributed by atoms with E-state index in [-0.39, 0.29) is 21.7 Å². The van der Waals surface area contributed by atoms with Crippen LogP contribution in [0.2, 0.25) is 0 Å². The molecule has 0 aliphatic heterocycles. The molecule has 2 aliphatic rings. The number of rotatable bonds is 13. The van der Waals surface area contributed by atoms with Gasteiger partial charge in [0.1, 0.15) is 0 Å². The molecular weight excluding hydrogens is 540 g/mol. The van der Waals surface area contributed by atoms with Crippen LogP contribution < -0.4 is 0 Å². The topological polar surface area (TPSA) is 0 Å². The van der Waals surface area contributed by atoms with Crippen molar-refractivity contribution in [2.75, 3.05) is 0 Å². The lowest BCUT2D eigenvalue weighted by Gasteiger charge is -2.44. The number of fused-ring (bicyclic) bond motifs is 3. The number of allylic oxidation sites excluding steroid dienone is 17. The predicted octanol–water partition coefficient (Wildman–Crippen LogP) is 13.1. The number of hydrogen-bond donors (Lipinski definition) is 0. The first-order valence-electron chi connectivity index (χ1n) is 16.5. The second-order valence-corrected chi connectivity index (χ2v) is 15.1. The van der Waals surface area contributed by atoms with Crippen molar-refractivity contribution < 1.29 is 0 Å². The molecule has 0 heterocycles. The Kier molecular flexibility index (Phi) is 11.0. The first kappa shape index (κ1) is 35.8. The standard InChI is InChI=1S/C45H58/c1-15-19-21-35(18-4)31-45(30-34(17-3)20-16-2)40-28-36(42(8,9)10)24-26-38(40)39-27-25-37(29-41(39)45)44(13,14)43(11,12)33(7)23-22-32(5)6/h15-25,27-29,38H,1-3,5,7,26,30-31H2,4,6,8-14H3/b21-19-,23-22-,34-20+,35-18+. The molecule has 1 aromatic rings. The second kappa shape index (κ2) is 13.8. The lowest BCUT2D eigenvalue weighted by atomic mass is 9.60. The van der Waals surface area contributed by atoms with E-state index < -0.39 is 0 Å². The first-order valence-corrected chi connectivity index (χ1v) is 16.5. The molecule has 0 aromatic heterocycles. The molecule has 0 nitrogen and oxygen atoms in total. The maximum Gasteiger partial charge on any atom is 0.0254 e. The summed E-state index contributed by atoms with van der Waals surface area (Å²) >= 11 is 0. The van der Waals surface area contributed by atoms with Crippen LogP contribution in [0.4, 0.5) is 0 Å². The van der Waals surface area contributed by atoms with Crippen LogP contribution in [0, 0.1) is 10.8 Å². The molecule has 2 unspecified atom stereocenters. The Labute approximate surface area is 276 Å². The minimum absolute atomic E-state index is 0.0672. The third kappa shape index (κ3) is 7.12. The van der Waals surface area contributed by atoms with Gasteiger partial charge in [-0.25, -0.2) is 0 Å². The van der Waals surface area contributed by atoms with Gasteiger partial charge in [-0.05, 0) is 82.8 Å². The normalized spacial score (nSPS) is 20.9. The van der Waals surface area contributed by atoms with E-state index in [9.17, 15) is 0 Å². The largest absolute Gasteiger partial charge is 0.0991 e. The van der Waals surface area contributed by atoms with Crippen LogP contribution in [0.25, 0.3) is 0 Å². The van der Waals surface area contributed by atoms with Gasteiger partial charge in [0.15, 0.2) is 0 Å². The monoisotopic (exact) mass is 598 g/mol. The van der Waals surface area contributed by atoms with E-state index in [1.165, 1.54) is 39.0 Å². The molecule has 0 fully saturated rings.